The van der Waals surface area contributed by atoms with E-state index in [-0.39, 0.29) is 0 Å². The molecule has 0 aliphatic heterocycles. The van der Waals surface area contributed by atoms with Gasteiger partial charge in [0, 0.05) is 54.5 Å². The van der Waals surface area contributed by atoms with Crippen LogP contribution in [-0.4, -0.2) is 9.13 Å². The number of nitrogens with zero attached hydrogens (tertiary/aromatic N) is 2. The van der Waals surface area contributed by atoms with Crippen molar-refractivity contribution in [1.82, 2.24) is 9.13 Å². The third-order valence-corrected chi connectivity index (χ3v) is 13.3. The van der Waals surface area contributed by atoms with Crippen LogP contribution in [-0.2, 0) is 0 Å². The largest absolute Gasteiger partial charge is 0.456 e. The van der Waals surface area contributed by atoms with E-state index in [4.69, 9.17) is 8.83 Å². The van der Waals surface area contributed by atoms with Crippen LogP contribution < -0.4 is 0 Å². The molecule has 10 aromatic carbocycles. The molecule has 0 aliphatic rings. The van der Waals surface area contributed by atoms with Crippen LogP contribution >= 0.6 is 0 Å². The number of aromatic nitrogens is 2. The molecule has 0 unspecified atom stereocenters. The zero-order chi connectivity index (χ0) is 41.9. The number of benzene rings is 10. The summed E-state index contributed by atoms with van der Waals surface area (Å²) in [4.78, 5) is 0. The molecule has 4 heterocycles. The monoisotopic (exact) mass is 816 g/mol. The topological polar surface area (TPSA) is 36.1 Å². The van der Waals surface area contributed by atoms with Gasteiger partial charge in [0.15, 0.2) is 0 Å². The average molecular weight is 817 g/mol. The molecule has 14 rings (SSSR count). The summed E-state index contributed by atoms with van der Waals surface area (Å²) in [5.74, 6) is 0. The third kappa shape index (κ3) is 5.23. The minimum atomic E-state index is 0.891. The van der Waals surface area contributed by atoms with E-state index in [0.717, 1.165) is 77.3 Å². The fraction of sp³-hybridized carbons (Fsp3) is 0. The second-order valence-corrected chi connectivity index (χ2v) is 16.9. The number of furan rings is 2. The quantitative estimate of drug-likeness (QED) is 0.173. The second-order valence-electron chi connectivity index (χ2n) is 16.9. The molecule has 4 aromatic heterocycles. The highest BCUT2D eigenvalue weighted by Gasteiger charge is 2.19. The van der Waals surface area contributed by atoms with Gasteiger partial charge in [-0.3, -0.25) is 0 Å². The average Bonchev–Trinajstić information content (AvgIpc) is 4.11. The third-order valence-electron chi connectivity index (χ3n) is 13.3. The highest BCUT2D eigenvalue weighted by molar-refractivity contribution is 6.15. The number of hydrogen-bond donors (Lipinski definition) is 0. The molecule has 0 amide bonds. The second kappa shape index (κ2) is 13.4. The predicted octanol–water partition coefficient (Wildman–Crippen LogP) is 16.7. The van der Waals surface area contributed by atoms with E-state index in [9.17, 15) is 0 Å². The fourth-order valence-electron chi connectivity index (χ4n) is 10.3. The first kappa shape index (κ1) is 35.0. The summed E-state index contributed by atoms with van der Waals surface area (Å²) < 4.78 is 17.3. The lowest BCUT2D eigenvalue weighted by Crippen LogP contribution is -1.94. The maximum atomic E-state index is 6.26. The van der Waals surface area contributed by atoms with Crippen LogP contribution in [0.4, 0.5) is 0 Å². The maximum absolute atomic E-state index is 6.26. The Hall–Kier alpha value is -8.60. The normalized spacial score (nSPS) is 12.1. The first-order chi connectivity index (χ1) is 31.7. The summed E-state index contributed by atoms with van der Waals surface area (Å²) in [6, 6.07) is 78.8. The van der Waals surface area contributed by atoms with Gasteiger partial charge in [-0.1, -0.05) is 121 Å². The molecule has 298 valence electrons. The van der Waals surface area contributed by atoms with E-state index in [1.807, 2.05) is 24.3 Å². The Morgan fingerprint density at radius 1 is 0.219 bits per heavy atom. The Labute approximate surface area is 367 Å². The molecule has 4 nitrogen and oxygen atoms in total. The van der Waals surface area contributed by atoms with Crippen LogP contribution in [0, 0.1) is 0 Å². The summed E-state index contributed by atoms with van der Waals surface area (Å²) >= 11 is 0. The SMILES string of the molecule is c1ccc(-c2ccc3c(c2)c2cc(-c4ccc5c(c4)c4cc(-c6ccccc6)ccc4n5-c4ccc5oc6ccccc6c5c4)ccc2n3-c2ccc3oc4ccccc4c3c2)cc1. The van der Waals surface area contributed by atoms with Gasteiger partial charge in [0.05, 0.1) is 22.1 Å². The molecule has 4 heteroatoms. The first-order valence-electron chi connectivity index (χ1n) is 21.8. The lowest BCUT2D eigenvalue weighted by molar-refractivity contribution is 0.668. The zero-order valence-corrected chi connectivity index (χ0v) is 34.5. The zero-order valence-electron chi connectivity index (χ0n) is 34.5. The number of fused-ring (bicyclic) bond motifs is 12. The molecule has 0 fully saturated rings. The summed E-state index contributed by atoms with van der Waals surface area (Å²) in [6.07, 6.45) is 0. The fourth-order valence-corrected chi connectivity index (χ4v) is 10.3. The van der Waals surface area contributed by atoms with Crippen molar-refractivity contribution in [1.29, 1.82) is 0 Å². The Bertz CT molecular complexity index is 3910. The van der Waals surface area contributed by atoms with Crippen LogP contribution in [0.15, 0.2) is 227 Å². The standard InChI is InChI=1S/C60H36N2O2/c1-3-11-37(12-4-1)39-19-25-53-47(31-39)49-33-41(21-27-55(49)61(53)43-23-29-59-51(35-43)45-15-7-9-17-57(45)63-59)42-22-28-56-50(34-42)48-32-40(38-13-5-2-6-14-38)20-26-54(48)62(56)44-24-30-60-52(36-44)46-16-8-10-18-58(46)64-60/h1-36H. The number of hydrogen-bond acceptors (Lipinski definition) is 2. The summed E-state index contributed by atoms with van der Waals surface area (Å²) in [5, 5.41) is 9.30. The van der Waals surface area contributed by atoms with Crippen LogP contribution in [0.2, 0.25) is 0 Å². The van der Waals surface area contributed by atoms with E-state index in [0.29, 0.717) is 0 Å². The van der Waals surface area contributed by atoms with Crippen molar-refractivity contribution < 1.29 is 8.83 Å². The number of rotatable bonds is 5. The van der Waals surface area contributed by atoms with Crippen LogP contribution in [0.1, 0.15) is 0 Å². The van der Waals surface area contributed by atoms with Gasteiger partial charge in [0.2, 0.25) is 0 Å². The van der Waals surface area contributed by atoms with Crippen LogP contribution in [0.5, 0.6) is 0 Å². The molecule has 0 saturated carbocycles. The van der Waals surface area contributed by atoms with E-state index < -0.39 is 0 Å². The Balaban J connectivity index is 0.987. The van der Waals surface area contributed by atoms with Gasteiger partial charge in [-0.2, -0.15) is 0 Å². The number of para-hydroxylation sites is 2. The molecule has 0 N–H and O–H groups in total. The van der Waals surface area contributed by atoms with Crippen molar-refractivity contribution in [3.05, 3.63) is 218 Å². The summed E-state index contributed by atoms with van der Waals surface area (Å²) in [7, 11) is 0. The Morgan fingerprint density at radius 3 is 0.938 bits per heavy atom. The van der Waals surface area contributed by atoms with Gasteiger partial charge in [-0.25, -0.2) is 0 Å². The molecule has 0 radical (unpaired) electrons. The summed E-state index contributed by atoms with van der Waals surface area (Å²) in [6.45, 7) is 0. The van der Waals surface area contributed by atoms with Gasteiger partial charge in [0.25, 0.3) is 0 Å². The van der Waals surface area contributed by atoms with Gasteiger partial charge in [0.1, 0.15) is 22.3 Å². The lowest BCUT2D eigenvalue weighted by atomic mass is 9.98. The van der Waals surface area contributed by atoms with Crippen LogP contribution in [0.25, 0.3) is 132 Å². The lowest BCUT2D eigenvalue weighted by Gasteiger charge is -2.10. The van der Waals surface area contributed by atoms with Gasteiger partial charge in [-0.05, 0) is 130 Å². The predicted molar refractivity (Wildman–Crippen MR) is 266 cm³/mol. The molecule has 64 heavy (non-hydrogen) atoms. The maximum Gasteiger partial charge on any atom is 0.135 e. The minimum absolute atomic E-state index is 0.891. The van der Waals surface area contributed by atoms with Crippen molar-refractivity contribution in [2.24, 2.45) is 0 Å². The van der Waals surface area contributed by atoms with Gasteiger partial charge < -0.3 is 18.0 Å². The van der Waals surface area contributed by atoms with E-state index >= 15 is 0 Å². The van der Waals surface area contributed by atoms with E-state index in [1.165, 1.54) is 54.9 Å². The molecule has 0 atom stereocenters. The van der Waals surface area contributed by atoms with Crippen molar-refractivity contribution in [2.45, 2.75) is 0 Å². The Morgan fingerprint density at radius 2 is 0.547 bits per heavy atom. The minimum Gasteiger partial charge on any atom is -0.456 e. The Kier molecular flexibility index (Phi) is 7.36. The molecule has 0 bridgehead atoms. The smallest absolute Gasteiger partial charge is 0.135 e. The molecule has 0 saturated heterocycles. The van der Waals surface area contributed by atoms with Crippen molar-refractivity contribution >= 4 is 87.5 Å². The van der Waals surface area contributed by atoms with Crippen LogP contribution in [0.3, 0.4) is 0 Å². The molecule has 0 spiro atoms. The highest BCUT2D eigenvalue weighted by Crippen LogP contribution is 2.42. The van der Waals surface area contributed by atoms with Crippen molar-refractivity contribution in [3.8, 4) is 44.8 Å². The van der Waals surface area contributed by atoms with Crippen molar-refractivity contribution in [3.63, 3.8) is 0 Å². The molecule has 14 aromatic rings. The first-order valence-corrected chi connectivity index (χ1v) is 21.8. The molecule has 0 aliphatic carbocycles. The van der Waals surface area contributed by atoms with Crippen molar-refractivity contribution in [2.75, 3.05) is 0 Å². The van der Waals surface area contributed by atoms with Gasteiger partial charge >= 0.3 is 0 Å². The molecular weight excluding hydrogens is 781 g/mol. The van der Waals surface area contributed by atoms with E-state index in [1.54, 1.807) is 0 Å². The summed E-state index contributed by atoms with van der Waals surface area (Å²) in [5.41, 5.74) is 17.5. The highest BCUT2D eigenvalue weighted by atomic mass is 16.3. The van der Waals surface area contributed by atoms with E-state index in [2.05, 4.69) is 203 Å². The van der Waals surface area contributed by atoms with Gasteiger partial charge in [-0.15, -0.1) is 0 Å². The molecular formula is C60H36N2O2.